The lowest BCUT2D eigenvalue weighted by molar-refractivity contribution is -0.126. The van der Waals surface area contributed by atoms with Crippen LogP contribution in [0.1, 0.15) is 13.3 Å². The molecule has 0 aliphatic rings. The summed E-state index contributed by atoms with van der Waals surface area (Å²) in [6, 6.07) is 6.97. The first-order chi connectivity index (χ1) is 8.15. The minimum absolute atomic E-state index is 0.176. The van der Waals surface area contributed by atoms with E-state index in [1.165, 1.54) is 0 Å². The molecule has 2 amide bonds. The van der Waals surface area contributed by atoms with Crippen LogP contribution in [0.3, 0.4) is 0 Å². The van der Waals surface area contributed by atoms with E-state index in [0.29, 0.717) is 18.0 Å². The Hall–Kier alpha value is -2.04. The molecule has 5 nitrogen and oxygen atoms in total. The fraction of sp³-hybridized carbons (Fsp3) is 0.333. The summed E-state index contributed by atoms with van der Waals surface area (Å²) in [5.41, 5.74) is 0.610. The number of ether oxygens (including phenoxy) is 1. The number of benzene rings is 1. The molecule has 0 atom stereocenters. The molecule has 0 heterocycles. The number of methoxy groups -OCH3 is 1. The molecule has 0 bridgehead atoms. The number of rotatable bonds is 5. The number of amides is 2. The maximum atomic E-state index is 11.5. The molecule has 2 N–H and O–H groups in total. The van der Waals surface area contributed by atoms with Gasteiger partial charge in [-0.3, -0.25) is 9.59 Å². The van der Waals surface area contributed by atoms with Crippen molar-refractivity contribution in [2.75, 3.05) is 19.0 Å². The minimum Gasteiger partial charge on any atom is -0.497 e. The molecule has 0 unspecified atom stereocenters. The van der Waals surface area contributed by atoms with E-state index in [9.17, 15) is 9.59 Å². The van der Waals surface area contributed by atoms with Crippen LogP contribution in [0.4, 0.5) is 5.69 Å². The Kier molecular flexibility index (Phi) is 5.00. The fourth-order valence-electron chi connectivity index (χ4n) is 1.31. The maximum absolute atomic E-state index is 11.5. The number of anilines is 1. The van der Waals surface area contributed by atoms with Crippen molar-refractivity contribution in [2.45, 2.75) is 13.3 Å². The van der Waals surface area contributed by atoms with Gasteiger partial charge in [-0.25, -0.2) is 0 Å². The Labute approximate surface area is 100 Å². The van der Waals surface area contributed by atoms with Crippen molar-refractivity contribution < 1.29 is 14.3 Å². The quantitative estimate of drug-likeness (QED) is 0.754. The van der Waals surface area contributed by atoms with Crippen molar-refractivity contribution >= 4 is 17.5 Å². The van der Waals surface area contributed by atoms with Crippen molar-refractivity contribution in [3.63, 3.8) is 0 Å². The van der Waals surface area contributed by atoms with E-state index in [0.717, 1.165) is 0 Å². The molecule has 0 fully saturated rings. The predicted molar refractivity (Wildman–Crippen MR) is 64.9 cm³/mol. The first kappa shape index (κ1) is 13.0. The van der Waals surface area contributed by atoms with E-state index < -0.39 is 0 Å². The van der Waals surface area contributed by atoms with Gasteiger partial charge in [-0.1, -0.05) is 6.07 Å². The molecule has 17 heavy (non-hydrogen) atoms. The third-order valence-electron chi connectivity index (χ3n) is 2.05. The normalized spacial score (nSPS) is 9.53. The Bertz CT molecular complexity index is 404. The minimum atomic E-state index is -0.343. The van der Waals surface area contributed by atoms with Gasteiger partial charge in [0.1, 0.15) is 12.2 Å². The standard InChI is InChI=1S/C12H16N2O3/c1-3-13-11(15)8-12(16)14-9-5-4-6-10(7-9)17-2/h4-7H,3,8H2,1-2H3,(H,13,15)(H,14,16). The van der Waals surface area contributed by atoms with E-state index in [4.69, 9.17) is 4.74 Å². The number of hydrogen-bond acceptors (Lipinski definition) is 3. The van der Waals surface area contributed by atoms with Crippen LogP contribution >= 0.6 is 0 Å². The van der Waals surface area contributed by atoms with Gasteiger partial charge in [0.25, 0.3) is 0 Å². The highest BCUT2D eigenvalue weighted by Gasteiger charge is 2.08. The van der Waals surface area contributed by atoms with Crippen molar-refractivity contribution in [3.05, 3.63) is 24.3 Å². The van der Waals surface area contributed by atoms with Crippen molar-refractivity contribution in [1.82, 2.24) is 5.32 Å². The molecule has 0 aromatic heterocycles. The summed E-state index contributed by atoms with van der Waals surface area (Å²) in [5.74, 6) is 0.0258. The Morgan fingerprint density at radius 2 is 2.06 bits per heavy atom. The molecular formula is C12H16N2O3. The lowest BCUT2D eigenvalue weighted by Crippen LogP contribution is -2.27. The highest BCUT2D eigenvalue weighted by atomic mass is 16.5. The molecule has 0 saturated heterocycles. The Morgan fingerprint density at radius 1 is 1.29 bits per heavy atom. The van der Waals surface area contributed by atoms with Crippen molar-refractivity contribution in [2.24, 2.45) is 0 Å². The summed E-state index contributed by atoms with van der Waals surface area (Å²) >= 11 is 0. The molecule has 92 valence electrons. The van der Waals surface area contributed by atoms with Crippen LogP contribution < -0.4 is 15.4 Å². The second kappa shape index (κ2) is 6.52. The smallest absolute Gasteiger partial charge is 0.233 e. The van der Waals surface area contributed by atoms with Crippen LogP contribution in [-0.2, 0) is 9.59 Å². The molecule has 0 aliphatic carbocycles. The molecule has 5 heteroatoms. The number of carbonyl (C=O) groups excluding carboxylic acids is 2. The van der Waals surface area contributed by atoms with E-state index in [2.05, 4.69) is 10.6 Å². The highest BCUT2D eigenvalue weighted by Crippen LogP contribution is 2.16. The van der Waals surface area contributed by atoms with Gasteiger partial charge in [0.15, 0.2) is 0 Å². The summed E-state index contributed by atoms with van der Waals surface area (Å²) in [4.78, 5) is 22.7. The van der Waals surface area contributed by atoms with Gasteiger partial charge in [0.2, 0.25) is 11.8 Å². The lowest BCUT2D eigenvalue weighted by Gasteiger charge is -2.06. The van der Waals surface area contributed by atoms with Gasteiger partial charge in [0.05, 0.1) is 7.11 Å². The molecule has 0 saturated carbocycles. The molecule has 0 spiro atoms. The van der Waals surface area contributed by atoms with E-state index in [-0.39, 0.29) is 18.2 Å². The van der Waals surface area contributed by atoms with Crippen LogP contribution in [0.5, 0.6) is 5.75 Å². The zero-order valence-electron chi connectivity index (χ0n) is 9.95. The number of hydrogen-bond donors (Lipinski definition) is 2. The van der Waals surface area contributed by atoms with Crippen LogP contribution in [0.2, 0.25) is 0 Å². The van der Waals surface area contributed by atoms with Crippen molar-refractivity contribution in [1.29, 1.82) is 0 Å². The zero-order chi connectivity index (χ0) is 12.7. The Morgan fingerprint density at radius 3 is 2.71 bits per heavy atom. The van der Waals surface area contributed by atoms with Gasteiger partial charge >= 0.3 is 0 Å². The summed E-state index contributed by atoms with van der Waals surface area (Å²) in [7, 11) is 1.55. The maximum Gasteiger partial charge on any atom is 0.233 e. The second-order valence-electron chi connectivity index (χ2n) is 3.41. The van der Waals surface area contributed by atoms with Crippen LogP contribution in [0.25, 0.3) is 0 Å². The third kappa shape index (κ3) is 4.55. The predicted octanol–water partition coefficient (Wildman–Crippen LogP) is 1.16. The summed E-state index contributed by atoms with van der Waals surface area (Å²) in [6.45, 7) is 2.32. The molecule has 1 rings (SSSR count). The first-order valence-electron chi connectivity index (χ1n) is 5.36. The van der Waals surface area contributed by atoms with E-state index in [1.807, 2.05) is 0 Å². The van der Waals surface area contributed by atoms with Gasteiger partial charge in [0, 0.05) is 18.3 Å². The SMILES string of the molecule is CCNC(=O)CC(=O)Nc1cccc(OC)c1. The first-order valence-corrected chi connectivity index (χ1v) is 5.36. The monoisotopic (exact) mass is 236 g/mol. The lowest BCUT2D eigenvalue weighted by atomic mass is 10.3. The van der Waals surface area contributed by atoms with Gasteiger partial charge < -0.3 is 15.4 Å². The largest absolute Gasteiger partial charge is 0.497 e. The highest BCUT2D eigenvalue weighted by molar-refractivity contribution is 6.03. The van der Waals surface area contributed by atoms with Gasteiger partial charge in [-0.15, -0.1) is 0 Å². The average molecular weight is 236 g/mol. The molecule has 1 aromatic rings. The number of nitrogens with one attached hydrogen (secondary N) is 2. The van der Waals surface area contributed by atoms with Crippen LogP contribution in [-0.4, -0.2) is 25.5 Å². The third-order valence-corrected chi connectivity index (χ3v) is 2.05. The molecule has 1 aromatic carbocycles. The zero-order valence-corrected chi connectivity index (χ0v) is 9.95. The molecule has 0 aliphatic heterocycles. The Balaban J connectivity index is 2.52. The van der Waals surface area contributed by atoms with E-state index in [1.54, 1.807) is 38.3 Å². The average Bonchev–Trinajstić information content (AvgIpc) is 2.29. The fourth-order valence-corrected chi connectivity index (χ4v) is 1.31. The second-order valence-corrected chi connectivity index (χ2v) is 3.41. The number of carbonyl (C=O) groups is 2. The van der Waals surface area contributed by atoms with Gasteiger partial charge in [-0.2, -0.15) is 0 Å². The molecular weight excluding hydrogens is 220 g/mol. The summed E-state index contributed by atoms with van der Waals surface area (Å²) in [6.07, 6.45) is -0.176. The van der Waals surface area contributed by atoms with Crippen LogP contribution in [0, 0.1) is 0 Å². The van der Waals surface area contributed by atoms with E-state index >= 15 is 0 Å². The van der Waals surface area contributed by atoms with Crippen LogP contribution in [0.15, 0.2) is 24.3 Å². The summed E-state index contributed by atoms with van der Waals surface area (Å²) < 4.78 is 5.03. The van der Waals surface area contributed by atoms with Gasteiger partial charge in [-0.05, 0) is 19.1 Å². The molecule has 0 radical (unpaired) electrons. The summed E-state index contributed by atoms with van der Waals surface area (Å²) in [5, 5.41) is 5.19. The van der Waals surface area contributed by atoms with Crippen molar-refractivity contribution in [3.8, 4) is 5.75 Å². The topological polar surface area (TPSA) is 67.4 Å².